The zero-order valence-electron chi connectivity index (χ0n) is 7.17. The average Bonchev–Trinajstić information content (AvgIpc) is 2.02. The number of rotatable bonds is 3. The number of carboxylic acid groups (broad SMARTS) is 1. The van der Waals surface area contributed by atoms with Crippen LogP contribution < -0.4 is 4.72 Å². The van der Waals surface area contributed by atoms with E-state index < -0.39 is 16.1 Å². The highest BCUT2D eigenvalue weighted by Crippen LogP contribution is 2.03. The molecule has 2 N–H and O–H groups in total. The highest BCUT2D eigenvalue weighted by atomic mass is 32.2. The molecule has 6 heteroatoms. The number of nitrogens with one attached hydrogen (secondary N) is 1. The smallest absolute Gasteiger partial charge is 0.418 e. The molecule has 1 amide bonds. The molecule has 0 aromatic heterocycles. The van der Waals surface area contributed by atoms with Crippen LogP contribution in [0.25, 0.3) is 0 Å². The van der Waals surface area contributed by atoms with Crippen molar-refractivity contribution in [3.63, 3.8) is 0 Å². The maximum atomic E-state index is 11.1. The monoisotopic (exact) mass is 215 g/mol. The number of hydrogen-bond donors (Lipinski definition) is 2. The van der Waals surface area contributed by atoms with E-state index in [-0.39, 0.29) is 5.75 Å². The molecule has 0 bridgehead atoms. The molecule has 0 heterocycles. The first kappa shape index (κ1) is 10.5. The van der Waals surface area contributed by atoms with Crippen LogP contribution >= 0.6 is 0 Å². The summed E-state index contributed by atoms with van der Waals surface area (Å²) in [5.74, 6) is -0.333. The second-order valence-electron chi connectivity index (χ2n) is 2.65. The van der Waals surface area contributed by atoms with Gasteiger partial charge in [-0.3, -0.25) is 0 Å². The Labute approximate surface area is 81.4 Å². The van der Waals surface area contributed by atoms with E-state index in [1.165, 1.54) is 4.72 Å². The van der Waals surface area contributed by atoms with Gasteiger partial charge in [0, 0.05) is 0 Å². The molecule has 5 nitrogen and oxygen atoms in total. The quantitative estimate of drug-likeness (QED) is 0.780. The molecule has 0 spiro atoms. The van der Waals surface area contributed by atoms with Gasteiger partial charge in [0.25, 0.3) is 0 Å². The Morgan fingerprint density at radius 3 is 2.36 bits per heavy atom. The van der Waals surface area contributed by atoms with Gasteiger partial charge in [-0.25, -0.2) is 17.9 Å². The van der Waals surface area contributed by atoms with E-state index in [0.29, 0.717) is 5.56 Å². The molecule has 0 aliphatic rings. The van der Waals surface area contributed by atoms with Gasteiger partial charge in [-0.05, 0) is 5.56 Å². The molecule has 0 saturated heterocycles. The van der Waals surface area contributed by atoms with Gasteiger partial charge in [0.1, 0.15) is 0 Å². The molecule has 0 fully saturated rings. The van der Waals surface area contributed by atoms with Crippen molar-refractivity contribution in [1.29, 1.82) is 0 Å². The van der Waals surface area contributed by atoms with Gasteiger partial charge in [-0.1, -0.05) is 30.3 Å². The van der Waals surface area contributed by atoms with Crippen LogP contribution in [0.5, 0.6) is 0 Å². The molecule has 0 radical (unpaired) electrons. The molecule has 0 aliphatic carbocycles. The van der Waals surface area contributed by atoms with Crippen molar-refractivity contribution >= 4 is 16.1 Å². The summed E-state index contributed by atoms with van der Waals surface area (Å²) in [5.41, 5.74) is 0.543. The predicted molar refractivity (Wildman–Crippen MR) is 50.2 cm³/mol. The summed E-state index contributed by atoms with van der Waals surface area (Å²) in [5, 5.41) is 8.24. The normalized spacial score (nSPS) is 10.9. The van der Waals surface area contributed by atoms with E-state index in [1.54, 1.807) is 30.3 Å². The highest BCUT2D eigenvalue weighted by molar-refractivity contribution is 7.89. The van der Waals surface area contributed by atoms with Gasteiger partial charge >= 0.3 is 6.09 Å². The largest absolute Gasteiger partial charge is 0.464 e. The fourth-order valence-corrected chi connectivity index (χ4v) is 1.93. The minimum Gasteiger partial charge on any atom is -0.464 e. The fourth-order valence-electron chi connectivity index (χ4n) is 0.963. The molecule has 0 atom stereocenters. The minimum absolute atomic E-state index is 0.333. The summed E-state index contributed by atoms with van der Waals surface area (Å²) in [7, 11) is -3.78. The lowest BCUT2D eigenvalue weighted by Gasteiger charge is -2.02. The van der Waals surface area contributed by atoms with E-state index in [2.05, 4.69) is 0 Å². The maximum Gasteiger partial charge on any atom is 0.418 e. The number of amides is 1. The third-order valence-corrected chi connectivity index (χ3v) is 2.64. The first-order chi connectivity index (χ1) is 6.49. The lowest BCUT2D eigenvalue weighted by atomic mass is 10.2. The third-order valence-electron chi connectivity index (χ3n) is 1.44. The zero-order valence-corrected chi connectivity index (χ0v) is 7.99. The standard InChI is InChI=1S/C8H9NO4S/c10-8(11)9-14(12,13)6-7-4-2-1-3-5-7/h1-5,9H,6H2,(H,10,11). The first-order valence-electron chi connectivity index (χ1n) is 3.77. The topological polar surface area (TPSA) is 83.5 Å². The van der Waals surface area contributed by atoms with Crippen LogP contribution in [-0.4, -0.2) is 19.6 Å². The van der Waals surface area contributed by atoms with Crippen molar-refractivity contribution in [2.45, 2.75) is 5.75 Å². The van der Waals surface area contributed by atoms with Crippen molar-refractivity contribution in [2.75, 3.05) is 0 Å². The van der Waals surface area contributed by atoms with Gasteiger partial charge in [-0.2, -0.15) is 0 Å². The lowest BCUT2D eigenvalue weighted by molar-refractivity contribution is 0.201. The molecule has 0 saturated carbocycles. The van der Waals surface area contributed by atoms with Crippen molar-refractivity contribution < 1.29 is 18.3 Å². The number of hydrogen-bond acceptors (Lipinski definition) is 3. The summed E-state index contributed by atoms with van der Waals surface area (Å²) in [6.45, 7) is 0. The van der Waals surface area contributed by atoms with Gasteiger partial charge in [0.2, 0.25) is 10.0 Å². The Hall–Kier alpha value is -1.56. The minimum atomic E-state index is -3.78. The molecule has 14 heavy (non-hydrogen) atoms. The molecular formula is C8H9NO4S. The molecule has 1 aromatic carbocycles. The first-order valence-corrected chi connectivity index (χ1v) is 5.42. The number of carbonyl (C=O) groups is 1. The Morgan fingerprint density at radius 1 is 1.29 bits per heavy atom. The number of sulfonamides is 1. The molecule has 1 rings (SSSR count). The van der Waals surface area contributed by atoms with Gasteiger partial charge in [-0.15, -0.1) is 0 Å². The van der Waals surface area contributed by atoms with Crippen LogP contribution in [0.2, 0.25) is 0 Å². The molecule has 0 aliphatic heterocycles. The van der Waals surface area contributed by atoms with Crippen LogP contribution in [0.3, 0.4) is 0 Å². The molecule has 76 valence electrons. The van der Waals surface area contributed by atoms with Crippen LogP contribution in [0.4, 0.5) is 4.79 Å². The summed E-state index contributed by atoms with van der Waals surface area (Å²) >= 11 is 0. The van der Waals surface area contributed by atoms with Gasteiger partial charge in [0.15, 0.2) is 0 Å². The molecular weight excluding hydrogens is 206 g/mol. The Bertz CT molecular complexity index is 412. The summed E-state index contributed by atoms with van der Waals surface area (Å²) in [6, 6.07) is 8.35. The summed E-state index contributed by atoms with van der Waals surface area (Å²) in [6.07, 6.45) is -1.57. The molecule has 0 unspecified atom stereocenters. The maximum absolute atomic E-state index is 11.1. The van der Waals surface area contributed by atoms with Crippen molar-refractivity contribution in [3.8, 4) is 0 Å². The Kier molecular flexibility index (Phi) is 3.08. The SMILES string of the molecule is O=C(O)NS(=O)(=O)Cc1ccccc1. The zero-order chi connectivity index (χ0) is 10.6. The van der Waals surface area contributed by atoms with Crippen LogP contribution in [0.1, 0.15) is 5.56 Å². The van der Waals surface area contributed by atoms with E-state index in [1.807, 2.05) is 0 Å². The second-order valence-corrected chi connectivity index (χ2v) is 4.37. The fraction of sp³-hybridized carbons (Fsp3) is 0.125. The second kappa shape index (κ2) is 4.10. The van der Waals surface area contributed by atoms with Crippen LogP contribution in [-0.2, 0) is 15.8 Å². The van der Waals surface area contributed by atoms with Gasteiger partial charge in [0.05, 0.1) is 5.75 Å². The lowest BCUT2D eigenvalue weighted by Crippen LogP contribution is -2.29. The number of benzene rings is 1. The third kappa shape index (κ3) is 3.44. The van der Waals surface area contributed by atoms with Crippen molar-refractivity contribution in [2.24, 2.45) is 0 Å². The summed E-state index contributed by atoms with van der Waals surface area (Å²) in [4.78, 5) is 10.1. The summed E-state index contributed by atoms with van der Waals surface area (Å²) < 4.78 is 23.7. The van der Waals surface area contributed by atoms with E-state index in [9.17, 15) is 13.2 Å². The Balaban J connectivity index is 2.74. The van der Waals surface area contributed by atoms with E-state index in [4.69, 9.17) is 5.11 Å². The van der Waals surface area contributed by atoms with Crippen molar-refractivity contribution in [3.05, 3.63) is 35.9 Å². The predicted octanol–water partition coefficient (Wildman–Crippen LogP) is 0.784. The van der Waals surface area contributed by atoms with E-state index >= 15 is 0 Å². The van der Waals surface area contributed by atoms with Crippen molar-refractivity contribution in [1.82, 2.24) is 4.72 Å². The highest BCUT2D eigenvalue weighted by Gasteiger charge is 2.13. The van der Waals surface area contributed by atoms with E-state index in [0.717, 1.165) is 0 Å². The van der Waals surface area contributed by atoms with Crippen LogP contribution in [0.15, 0.2) is 30.3 Å². The van der Waals surface area contributed by atoms with Gasteiger partial charge < -0.3 is 5.11 Å². The van der Waals surface area contributed by atoms with Crippen LogP contribution in [0, 0.1) is 0 Å². The molecule has 1 aromatic rings. The Morgan fingerprint density at radius 2 is 1.86 bits per heavy atom. The average molecular weight is 215 g/mol.